The minimum Gasteiger partial charge on any atom is -0.236 e. The Kier molecular flexibility index (Phi) is 9.72. The van der Waals surface area contributed by atoms with Crippen molar-refractivity contribution in [2.24, 2.45) is 0 Å². The van der Waals surface area contributed by atoms with Crippen LogP contribution in [-0.2, 0) is 9.78 Å². The highest BCUT2D eigenvalue weighted by Crippen LogP contribution is 2.18. The zero-order chi connectivity index (χ0) is 12.2. The van der Waals surface area contributed by atoms with Gasteiger partial charge in [-0.25, -0.2) is 9.78 Å². The van der Waals surface area contributed by atoms with Crippen molar-refractivity contribution < 1.29 is 9.78 Å². The molecule has 0 amide bonds. The lowest BCUT2D eigenvalue weighted by molar-refractivity contribution is -0.330. The van der Waals surface area contributed by atoms with Gasteiger partial charge < -0.3 is 0 Å². The molecule has 1 atom stereocenters. The van der Waals surface area contributed by atoms with Crippen LogP contribution in [0.2, 0.25) is 0 Å². The molecule has 1 aliphatic rings. The van der Waals surface area contributed by atoms with Crippen LogP contribution in [0.3, 0.4) is 0 Å². The van der Waals surface area contributed by atoms with Crippen LogP contribution in [-0.4, -0.2) is 12.7 Å². The Bertz CT molecular complexity index is 151. The predicted octanol–water partition coefficient (Wildman–Crippen LogP) is 5.02. The molecule has 0 saturated carbocycles. The molecule has 1 heterocycles. The molecule has 1 fully saturated rings. The van der Waals surface area contributed by atoms with E-state index < -0.39 is 0 Å². The predicted molar refractivity (Wildman–Crippen MR) is 71.9 cm³/mol. The molecule has 102 valence electrons. The van der Waals surface area contributed by atoms with Crippen molar-refractivity contribution >= 4 is 0 Å². The third kappa shape index (κ3) is 8.62. The highest BCUT2D eigenvalue weighted by atomic mass is 17.2. The van der Waals surface area contributed by atoms with Crippen molar-refractivity contribution in [3.63, 3.8) is 0 Å². The van der Waals surface area contributed by atoms with Gasteiger partial charge in [-0.15, -0.1) is 0 Å². The minimum atomic E-state index is 0.367. The van der Waals surface area contributed by atoms with Gasteiger partial charge in [0.1, 0.15) is 0 Å². The highest BCUT2D eigenvalue weighted by molar-refractivity contribution is 4.59. The van der Waals surface area contributed by atoms with Gasteiger partial charge in [0.2, 0.25) is 0 Å². The van der Waals surface area contributed by atoms with Gasteiger partial charge in [-0.05, 0) is 19.3 Å². The smallest absolute Gasteiger partial charge is 0.0930 e. The molecule has 1 unspecified atom stereocenters. The molecule has 0 aromatic heterocycles. The number of hydrogen-bond acceptors (Lipinski definition) is 2. The molecule has 2 heteroatoms. The summed E-state index contributed by atoms with van der Waals surface area (Å²) in [7, 11) is 0. The number of unbranched alkanes of at least 4 members (excludes halogenated alkanes) is 6. The maximum absolute atomic E-state index is 5.43. The zero-order valence-electron chi connectivity index (χ0n) is 11.6. The molecule has 0 bridgehead atoms. The first-order valence-corrected chi connectivity index (χ1v) is 7.71. The first-order chi connectivity index (χ1) is 8.43. The third-order valence-corrected chi connectivity index (χ3v) is 3.59. The van der Waals surface area contributed by atoms with E-state index in [2.05, 4.69) is 6.92 Å². The topological polar surface area (TPSA) is 18.5 Å². The average molecular weight is 242 g/mol. The zero-order valence-corrected chi connectivity index (χ0v) is 11.6. The third-order valence-electron chi connectivity index (χ3n) is 3.59. The summed E-state index contributed by atoms with van der Waals surface area (Å²) in [6.07, 6.45) is 16.2. The van der Waals surface area contributed by atoms with Crippen molar-refractivity contribution in [3.8, 4) is 0 Å². The van der Waals surface area contributed by atoms with Crippen LogP contribution in [0.5, 0.6) is 0 Å². The molecular formula is C15H30O2. The number of hydrogen-bond donors (Lipinski definition) is 0. The van der Waals surface area contributed by atoms with Crippen LogP contribution < -0.4 is 0 Å². The van der Waals surface area contributed by atoms with Gasteiger partial charge in [-0.2, -0.15) is 0 Å². The fourth-order valence-electron chi connectivity index (χ4n) is 2.42. The molecule has 0 aromatic rings. The quantitative estimate of drug-likeness (QED) is 0.439. The van der Waals surface area contributed by atoms with Gasteiger partial charge in [-0.3, -0.25) is 0 Å². The lowest BCUT2D eigenvalue weighted by Crippen LogP contribution is -2.16. The van der Waals surface area contributed by atoms with Crippen LogP contribution >= 0.6 is 0 Å². The van der Waals surface area contributed by atoms with Gasteiger partial charge in [0.15, 0.2) is 0 Å². The van der Waals surface area contributed by atoms with E-state index in [1.807, 2.05) is 0 Å². The van der Waals surface area contributed by atoms with E-state index in [9.17, 15) is 0 Å². The Morgan fingerprint density at radius 3 is 2.47 bits per heavy atom. The lowest BCUT2D eigenvalue weighted by atomic mass is 10.0. The lowest BCUT2D eigenvalue weighted by Gasteiger charge is -2.19. The van der Waals surface area contributed by atoms with Crippen LogP contribution in [0, 0.1) is 0 Å². The van der Waals surface area contributed by atoms with E-state index in [1.165, 1.54) is 70.6 Å². The van der Waals surface area contributed by atoms with Crippen molar-refractivity contribution in [1.82, 2.24) is 0 Å². The first-order valence-electron chi connectivity index (χ1n) is 7.71. The van der Waals surface area contributed by atoms with Crippen LogP contribution in [0.25, 0.3) is 0 Å². The van der Waals surface area contributed by atoms with E-state index in [1.54, 1.807) is 0 Å². The van der Waals surface area contributed by atoms with E-state index in [4.69, 9.17) is 9.78 Å². The van der Waals surface area contributed by atoms with Gasteiger partial charge in [0.05, 0.1) is 12.7 Å². The Labute approximate surface area is 107 Å². The Morgan fingerprint density at radius 2 is 1.65 bits per heavy atom. The largest absolute Gasteiger partial charge is 0.236 e. The van der Waals surface area contributed by atoms with Gasteiger partial charge in [0.25, 0.3) is 0 Å². The average Bonchev–Trinajstić information content (AvgIpc) is 2.30. The summed E-state index contributed by atoms with van der Waals surface area (Å²) in [5, 5.41) is 0. The Morgan fingerprint density at radius 1 is 0.882 bits per heavy atom. The summed E-state index contributed by atoms with van der Waals surface area (Å²) in [6.45, 7) is 3.06. The van der Waals surface area contributed by atoms with Crippen molar-refractivity contribution in [3.05, 3.63) is 0 Å². The van der Waals surface area contributed by atoms with Crippen molar-refractivity contribution in [2.45, 2.75) is 90.1 Å². The molecule has 1 rings (SSSR count). The van der Waals surface area contributed by atoms with Gasteiger partial charge >= 0.3 is 0 Å². The monoisotopic (exact) mass is 242 g/mol. The Balaban J connectivity index is 1.90. The maximum Gasteiger partial charge on any atom is 0.0930 e. The van der Waals surface area contributed by atoms with E-state index >= 15 is 0 Å². The molecular weight excluding hydrogens is 212 g/mol. The normalized spacial score (nSPS) is 22.1. The summed E-state index contributed by atoms with van der Waals surface area (Å²) in [4.78, 5) is 10.6. The molecule has 1 aliphatic heterocycles. The maximum atomic E-state index is 5.43. The van der Waals surface area contributed by atoms with Crippen LogP contribution in [0.15, 0.2) is 0 Å². The molecule has 1 saturated heterocycles. The van der Waals surface area contributed by atoms with E-state index in [-0.39, 0.29) is 0 Å². The molecule has 0 aromatic carbocycles. The summed E-state index contributed by atoms with van der Waals surface area (Å²) in [6, 6.07) is 0. The summed E-state index contributed by atoms with van der Waals surface area (Å²) >= 11 is 0. The highest BCUT2D eigenvalue weighted by Gasteiger charge is 2.12. The fraction of sp³-hybridized carbons (Fsp3) is 1.00. The number of rotatable bonds is 8. The molecule has 0 aliphatic carbocycles. The first kappa shape index (κ1) is 15.0. The molecule has 2 nitrogen and oxygen atoms in total. The molecule has 0 spiro atoms. The molecule has 0 radical (unpaired) electrons. The summed E-state index contributed by atoms with van der Waals surface area (Å²) < 4.78 is 0. The van der Waals surface area contributed by atoms with Crippen molar-refractivity contribution in [2.75, 3.05) is 6.61 Å². The second-order valence-electron chi connectivity index (χ2n) is 5.30. The standard InChI is InChI=1S/C15H30O2/c1-2-3-4-5-6-7-9-12-15-13-10-8-11-14-16-17-15/h15H,2-14H2,1H3. The summed E-state index contributed by atoms with van der Waals surface area (Å²) in [5.74, 6) is 0. The van der Waals surface area contributed by atoms with Crippen LogP contribution in [0.4, 0.5) is 0 Å². The van der Waals surface area contributed by atoms with Crippen LogP contribution in [0.1, 0.15) is 84.0 Å². The summed E-state index contributed by atoms with van der Waals surface area (Å²) in [5.41, 5.74) is 0. The van der Waals surface area contributed by atoms with Gasteiger partial charge in [-0.1, -0.05) is 64.7 Å². The van der Waals surface area contributed by atoms with Gasteiger partial charge in [0, 0.05) is 0 Å². The molecule has 0 N–H and O–H groups in total. The van der Waals surface area contributed by atoms with Crippen molar-refractivity contribution in [1.29, 1.82) is 0 Å². The van der Waals surface area contributed by atoms with E-state index in [0.29, 0.717) is 6.10 Å². The minimum absolute atomic E-state index is 0.367. The van der Waals surface area contributed by atoms with E-state index in [0.717, 1.165) is 13.0 Å². The SMILES string of the molecule is CCCCCCCCCC1CCCCCOO1. The Hall–Kier alpha value is -0.0800. The second-order valence-corrected chi connectivity index (χ2v) is 5.30. The molecule has 17 heavy (non-hydrogen) atoms. The fourth-order valence-corrected chi connectivity index (χ4v) is 2.42. The second kappa shape index (κ2) is 11.0.